The Morgan fingerprint density at radius 1 is 0.950 bits per heavy atom. The summed E-state index contributed by atoms with van der Waals surface area (Å²) in [5.74, 6) is 0. The Morgan fingerprint density at radius 3 is 2.65 bits per heavy atom. The molecule has 100 valence electrons. The predicted octanol–water partition coefficient (Wildman–Crippen LogP) is 4.00. The van der Waals surface area contributed by atoms with Crippen molar-refractivity contribution < 1.29 is 0 Å². The highest BCUT2D eigenvalue weighted by Crippen LogP contribution is 2.17. The van der Waals surface area contributed by atoms with Gasteiger partial charge in [-0.1, -0.05) is 35.9 Å². The number of aromatic nitrogens is 1. The van der Waals surface area contributed by atoms with Crippen LogP contribution in [0, 0.1) is 0 Å². The third-order valence-corrected chi connectivity index (χ3v) is 3.23. The van der Waals surface area contributed by atoms with Gasteiger partial charge in [0.15, 0.2) is 0 Å². The minimum absolute atomic E-state index is 0.522. The van der Waals surface area contributed by atoms with Gasteiger partial charge in [-0.3, -0.25) is 0 Å². The average Bonchev–Trinajstić information content (AvgIpc) is 2.48. The van der Waals surface area contributed by atoms with Gasteiger partial charge in [0, 0.05) is 17.6 Å². The highest BCUT2D eigenvalue weighted by Gasteiger charge is 1.99. The lowest BCUT2D eigenvalue weighted by atomic mass is 10.1. The van der Waals surface area contributed by atoms with E-state index in [0.29, 0.717) is 5.15 Å². The minimum Gasteiger partial charge on any atom is -0.321 e. The third-order valence-electron chi connectivity index (χ3n) is 3.02. The minimum atomic E-state index is 0.522. The molecule has 3 rings (SSSR count). The predicted molar refractivity (Wildman–Crippen MR) is 83.7 cm³/mol. The van der Waals surface area contributed by atoms with Crippen LogP contribution in [0.4, 0.5) is 5.69 Å². The van der Waals surface area contributed by atoms with E-state index in [4.69, 9.17) is 11.6 Å². The molecule has 0 radical (unpaired) electrons. The number of hydrazine groups is 1. The van der Waals surface area contributed by atoms with Gasteiger partial charge in [0.25, 0.3) is 0 Å². The summed E-state index contributed by atoms with van der Waals surface area (Å²) in [6.45, 7) is 0.730. The molecule has 20 heavy (non-hydrogen) atoms. The number of nitrogens with one attached hydrogen (secondary N) is 2. The van der Waals surface area contributed by atoms with E-state index in [2.05, 4.69) is 21.9 Å². The highest BCUT2D eigenvalue weighted by molar-refractivity contribution is 6.29. The monoisotopic (exact) mass is 283 g/mol. The van der Waals surface area contributed by atoms with Gasteiger partial charge in [-0.2, -0.15) is 0 Å². The van der Waals surface area contributed by atoms with E-state index in [9.17, 15) is 0 Å². The average molecular weight is 284 g/mol. The van der Waals surface area contributed by atoms with Crippen LogP contribution in [0.5, 0.6) is 0 Å². The largest absolute Gasteiger partial charge is 0.321 e. The van der Waals surface area contributed by atoms with Crippen LogP contribution in [0.2, 0.25) is 5.15 Å². The van der Waals surface area contributed by atoms with Gasteiger partial charge in [0.05, 0.1) is 5.52 Å². The Kier molecular flexibility index (Phi) is 3.81. The molecule has 0 amide bonds. The van der Waals surface area contributed by atoms with Gasteiger partial charge in [-0.25, -0.2) is 10.4 Å². The maximum atomic E-state index is 5.88. The van der Waals surface area contributed by atoms with Crippen LogP contribution in [-0.2, 0) is 6.54 Å². The van der Waals surface area contributed by atoms with Crippen LogP contribution >= 0.6 is 11.6 Å². The van der Waals surface area contributed by atoms with Gasteiger partial charge >= 0.3 is 0 Å². The van der Waals surface area contributed by atoms with E-state index in [1.807, 2.05) is 54.6 Å². The zero-order valence-corrected chi connectivity index (χ0v) is 11.6. The second-order valence-corrected chi connectivity index (χ2v) is 4.89. The summed E-state index contributed by atoms with van der Waals surface area (Å²) in [6, 6.07) is 19.9. The lowest BCUT2D eigenvalue weighted by molar-refractivity contribution is 0.802. The molecule has 0 fully saturated rings. The summed E-state index contributed by atoms with van der Waals surface area (Å²) in [7, 11) is 0. The summed E-state index contributed by atoms with van der Waals surface area (Å²) in [6.07, 6.45) is 0. The van der Waals surface area contributed by atoms with E-state index in [1.165, 1.54) is 5.56 Å². The molecule has 4 heteroatoms. The zero-order chi connectivity index (χ0) is 13.8. The second-order valence-electron chi connectivity index (χ2n) is 4.51. The van der Waals surface area contributed by atoms with Crippen molar-refractivity contribution >= 4 is 28.2 Å². The van der Waals surface area contributed by atoms with Crippen molar-refractivity contribution in [3.8, 4) is 0 Å². The first-order valence-electron chi connectivity index (χ1n) is 6.40. The third kappa shape index (κ3) is 3.07. The van der Waals surface area contributed by atoms with Crippen molar-refractivity contribution in [3.05, 3.63) is 71.4 Å². The molecule has 0 atom stereocenters. The van der Waals surface area contributed by atoms with Gasteiger partial charge in [0.1, 0.15) is 5.15 Å². The zero-order valence-electron chi connectivity index (χ0n) is 10.8. The molecule has 0 saturated carbocycles. The first-order chi connectivity index (χ1) is 9.81. The van der Waals surface area contributed by atoms with Crippen molar-refractivity contribution in [3.63, 3.8) is 0 Å². The molecule has 1 heterocycles. The Morgan fingerprint density at radius 2 is 1.80 bits per heavy atom. The maximum absolute atomic E-state index is 5.88. The summed E-state index contributed by atoms with van der Waals surface area (Å²) < 4.78 is 0. The van der Waals surface area contributed by atoms with Crippen molar-refractivity contribution in [2.24, 2.45) is 0 Å². The van der Waals surface area contributed by atoms with Crippen LogP contribution in [0.15, 0.2) is 60.7 Å². The lowest BCUT2D eigenvalue weighted by Gasteiger charge is -2.09. The fourth-order valence-electron chi connectivity index (χ4n) is 2.03. The molecule has 0 saturated heterocycles. The summed E-state index contributed by atoms with van der Waals surface area (Å²) in [4.78, 5) is 4.27. The van der Waals surface area contributed by atoms with E-state index in [0.717, 1.165) is 23.1 Å². The van der Waals surface area contributed by atoms with Crippen LogP contribution < -0.4 is 10.9 Å². The van der Waals surface area contributed by atoms with Crippen LogP contribution in [-0.4, -0.2) is 4.98 Å². The molecule has 1 aromatic heterocycles. The summed E-state index contributed by atoms with van der Waals surface area (Å²) in [5.41, 5.74) is 9.50. The second kappa shape index (κ2) is 5.90. The molecule has 0 spiro atoms. The van der Waals surface area contributed by atoms with Gasteiger partial charge < -0.3 is 5.43 Å². The molecule has 0 aliphatic carbocycles. The smallest absolute Gasteiger partial charge is 0.129 e. The number of hydrogen-bond donors (Lipinski definition) is 2. The number of nitrogens with zero attached hydrogens (tertiary/aromatic N) is 1. The SMILES string of the molecule is Clc1ccc2cc(CNNc3ccccc3)ccc2n1. The molecule has 3 aromatic rings. The standard InChI is InChI=1S/C16H14ClN3/c17-16-9-7-13-10-12(6-8-15(13)19-16)11-18-20-14-4-2-1-3-5-14/h1-10,18,20H,11H2. The molecule has 0 aliphatic heterocycles. The van der Waals surface area contributed by atoms with Gasteiger partial charge in [0.2, 0.25) is 0 Å². The first kappa shape index (κ1) is 12.9. The number of rotatable bonds is 4. The van der Waals surface area contributed by atoms with E-state index in [-0.39, 0.29) is 0 Å². The lowest BCUT2D eigenvalue weighted by Crippen LogP contribution is -2.20. The molecule has 2 N–H and O–H groups in total. The number of fused-ring (bicyclic) bond motifs is 1. The Labute approximate surface area is 122 Å². The maximum Gasteiger partial charge on any atom is 0.129 e. The molecular formula is C16H14ClN3. The van der Waals surface area contributed by atoms with E-state index < -0.39 is 0 Å². The number of benzene rings is 2. The number of hydrogen-bond acceptors (Lipinski definition) is 3. The van der Waals surface area contributed by atoms with Crippen LogP contribution in [0.25, 0.3) is 10.9 Å². The van der Waals surface area contributed by atoms with E-state index >= 15 is 0 Å². The molecule has 2 aromatic carbocycles. The molecular weight excluding hydrogens is 270 g/mol. The Hall–Kier alpha value is -2.10. The fraction of sp³-hybridized carbons (Fsp3) is 0.0625. The highest BCUT2D eigenvalue weighted by atomic mass is 35.5. The van der Waals surface area contributed by atoms with Gasteiger partial charge in [-0.15, -0.1) is 0 Å². The van der Waals surface area contributed by atoms with Crippen molar-refractivity contribution in [1.29, 1.82) is 0 Å². The number of anilines is 1. The van der Waals surface area contributed by atoms with Crippen molar-refractivity contribution in [1.82, 2.24) is 10.4 Å². The summed E-state index contributed by atoms with van der Waals surface area (Å²) >= 11 is 5.88. The van der Waals surface area contributed by atoms with Crippen LogP contribution in [0.3, 0.4) is 0 Å². The number of pyridine rings is 1. The van der Waals surface area contributed by atoms with E-state index in [1.54, 1.807) is 0 Å². The Bertz CT molecular complexity index is 713. The molecule has 0 unspecified atom stereocenters. The Balaban J connectivity index is 1.67. The first-order valence-corrected chi connectivity index (χ1v) is 6.78. The van der Waals surface area contributed by atoms with Gasteiger partial charge in [-0.05, 0) is 42.0 Å². The quantitative estimate of drug-likeness (QED) is 0.561. The van der Waals surface area contributed by atoms with Crippen LogP contribution in [0.1, 0.15) is 5.56 Å². The van der Waals surface area contributed by atoms with Crippen molar-refractivity contribution in [2.75, 3.05) is 5.43 Å². The topological polar surface area (TPSA) is 37.0 Å². The normalized spacial score (nSPS) is 10.7. The fourth-order valence-corrected chi connectivity index (χ4v) is 2.18. The molecule has 0 aliphatic rings. The number of halogens is 1. The number of para-hydroxylation sites is 1. The molecule has 3 nitrogen and oxygen atoms in total. The summed E-state index contributed by atoms with van der Waals surface area (Å²) in [5, 5.41) is 1.61. The van der Waals surface area contributed by atoms with Crippen molar-refractivity contribution in [2.45, 2.75) is 6.54 Å². The molecule has 0 bridgehead atoms.